The Morgan fingerprint density at radius 2 is 2.15 bits per heavy atom. The molecule has 0 amide bonds. The number of nitrogens with one attached hydrogen (secondary N) is 1. The number of halogens is 2. The van der Waals surface area contributed by atoms with Crippen molar-refractivity contribution < 1.29 is 8.81 Å². The Bertz CT molecular complexity index is 573. The molecule has 0 saturated heterocycles. The fourth-order valence-electron chi connectivity index (χ4n) is 1.88. The average molecular weight is 298 g/mol. The number of benzene rings is 1. The molecule has 1 aromatic carbocycles. The number of aromatic nitrogens is 2. The molecule has 0 aliphatic heterocycles. The fraction of sp³-hybridized carbons (Fsp3) is 0.429. The third-order valence-electron chi connectivity index (χ3n) is 2.97. The van der Waals surface area contributed by atoms with Crippen molar-refractivity contribution in [1.29, 1.82) is 0 Å². The molecule has 1 atom stereocenters. The highest BCUT2D eigenvalue weighted by atomic mass is 35.5. The minimum absolute atomic E-state index is 0.00253. The van der Waals surface area contributed by atoms with Gasteiger partial charge in [0.25, 0.3) is 0 Å². The van der Waals surface area contributed by atoms with E-state index in [4.69, 9.17) is 16.0 Å². The lowest BCUT2D eigenvalue weighted by molar-refractivity contribution is 0.396. The van der Waals surface area contributed by atoms with Crippen molar-refractivity contribution in [3.63, 3.8) is 0 Å². The van der Waals surface area contributed by atoms with E-state index in [0.29, 0.717) is 11.5 Å². The first-order valence-corrected chi connectivity index (χ1v) is 7.06. The molecule has 20 heavy (non-hydrogen) atoms. The summed E-state index contributed by atoms with van der Waals surface area (Å²) < 4.78 is 19.0. The summed E-state index contributed by atoms with van der Waals surface area (Å²) in [6.07, 6.45) is 1.85. The quantitative estimate of drug-likeness (QED) is 0.876. The van der Waals surface area contributed by atoms with Crippen molar-refractivity contribution >= 4 is 11.6 Å². The summed E-state index contributed by atoms with van der Waals surface area (Å²) in [4.78, 5) is 0. The molecule has 1 unspecified atom stereocenters. The normalized spacial score (nSPS) is 12.6. The molecule has 0 saturated carbocycles. The van der Waals surface area contributed by atoms with Crippen LogP contribution < -0.4 is 5.32 Å². The van der Waals surface area contributed by atoms with Crippen LogP contribution in [0.2, 0.25) is 5.02 Å². The van der Waals surface area contributed by atoms with Crippen molar-refractivity contribution in [2.45, 2.75) is 32.7 Å². The van der Waals surface area contributed by atoms with E-state index in [1.165, 1.54) is 6.07 Å². The van der Waals surface area contributed by atoms with Crippen LogP contribution in [0.25, 0.3) is 11.5 Å². The molecule has 0 bridgehead atoms. The second-order valence-electron chi connectivity index (χ2n) is 4.46. The molecular formula is C14H17ClFN3O. The van der Waals surface area contributed by atoms with Gasteiger partial charge < -0.3 is 9.73 Å². The van der Waals surface area contributed by atoms with Crippen LogP contribution in [0.4, 0.5) is 4.39 Å². The van der Waals surface area contributed by atoms with Gasteiger partial charge in [0.05, 0.1) is 16.6 Å². The summed E-state index contributed by atoms with van der Waals surface area (Å²) in [5.74, 6) is 0.234. The SMILES string of the molecule is CCCNC(CC)c1nnc(-c2cccc(F)c2Cl)o1. The van der Waals surface area contributed by atoms with Gasteiger partial charge in [-0.3, -0.25) is 0 Å². The molecule has 6 heteroatoms. The lowest BCUT2D eigenvalue weighted by Gasteiger charge is -2.11. The van der Waals surface area contributed by atoms with Gasteiger partial charge >= 0.3 is 0 Å². The summed E-state index contributed by atoms with van der Waals surface area (Å²) in [6, 6.07) is 4.51. The van der Waals surface area contributed by atoms with Crippen molar-refractivity contribution in [3.8, 4) is 11.5 Å². The van der Waals surface area contributed by atoms with E-state index < -0.39 is 5.82 Å². The Morgan fingerprint density at radius 1 is 1.35 bits per heavy atom. The molecule has 0 aliphatic rings. The maximum Gasteiger partial charge on any atom is 0.249 e. The zero-order valence-corrected chi connectivity index (χ0v) is 12.2. The van der Waals surface area contributed by atoms with Gasteiger partial charge in [-0.15, -0.1) is 10.2 Å². The predicted molar refractivity (Wildman–Crippen MR) is 76.0 cm³/mol. The zero-order valence-electron chi connectivity index (χ0n) is 11.5. The van der Waals surface area contributed by atoms with Crippen LogP contribution in [0, 0.1) is 5.82 Å². The summed E-state index contributed by atoms with van der Waals surface area (Å²) in [5.41, 5.74) is 0.413. The van der Waals surface area contributed by atoms with E-state index in [2.05, 4.69) is 22.4 Å². The number of rotatable bonds is 6. The van der Waals surface area contributed by atoms with Crippen molar-refractivity contribution in [3.05, 3.63) is 34.9 Å². The van der Waals surface area contributed by atoms with E-state index in [9.17, 15) is 4.39 Å². The summed E-state index contributed by atoms with van der Waals surface area (Å²) in [7, 11) is 0. The van der Waals surface area contributed by atoms with E-state index >= 15 is 0 Å². The van der Waals surface area contributed by atoms with Gasteiger partial charge in [-0.2, -0.15) is 0 Å². The number of hydrogen-bond donors (Lipinski definition) is 1. The van der Waals surface area contributed by atoms with Crippen LogP contribution in [0.5, 0.6) is 0 Å². The Hall–Kier alpha value is -1.46. The third-order valence-corrected chi connectivity index (χ3v) is 3.35. The van der Waals surface area contributed by atoms with Crippen molar-refractivity contribution in [2.75, 3.05) is 6.54 Å². The van der Waals surface area contributed by atoms with Crippen LogP contribution in [-0.4, -0.2) is 16.7 Å². The van der Waals surface area contributed by atoms with Crippen LogP contribution in [0.3, 0.4) is 0 Å². The maximum atomic E-state index is 13.4. The van der Waals surface area contributed by atoms with Gasteiger partial charge in [0, 0.05) is 0 Å². The topological polar surface area (TPSA) is 51.0 Å². The van der Waals surface area contributed by atoms with Gasteiger partial charge in [0.15, 0.2) is 0 Å². The number of nitrogens with zero attached hydrogens (tertiary/aromatic N) is 2. The second kappa shape index (κ2) is 6.81. The van der Waals surface area contributed by atoms with Crippen LogP contribution >= 0.6 is 11.6 Å². The molecule has 0 radical (unpaired) electrons. The summed E-state index contributed by atoms with van der Waals surface area (Å²) >= 11 is 5.92. The molecule has 4 nitrogen and oxygen atoms in total. The highest BCUT2D eigenvalue weighted by molar-refractivity contribution is 6.33. The Morgan fingerprint density at radius 3 is 2.85 bits per heavy atom. The van der Waals surface area contributed by atoms with E-state index in [-0.39, 0.29) is 17.0 Å². The zero-order chi connectivity index (χ0) is 14.5. The lowest BCUT2D eigenvalue weighted by Crippen LogP contribution is -2.21. The minimum Gasteiger partial charge on any atom is -0.419 e. The average Bonchev–Trinajstić information content (AvgIpc) is 2.92. The number of hydrogen-bond acceptors (Lipinski definition) is 4. The first-order valence-electron chi connectivity index (χ1n) is 6.68. The standard InChI is InChI=1S/C14H17ClFN3O/c1-3-8-17-11(4-2)14-19-18-13(20-14)9-6-5-7-10(16)12(9)15/h5-7,11,17H,3-4,8H2,1-2H3. The summed E-state index contributed by atoms with van der Waals surface area (Å²) in [6.45, 7) is 4.99. The first-order chi connectivity index (χ1) is 9.67. The van der Waals surface area contributed by atoms with Crippen LogP contribution in [0.15, 0.2) is 22.6 Å². The molecular weight excluding hydrogens is 281 g/mol. The van der Waals surface area contributed by atoms with E-state index in [1.807, 2.05) is 6.92 Å². The largest absolute Gasteiger partial charge is 0.419 e. The van der Waals surface area contributed by atoms with Gasteiger partial charge in [-0.25, -0.2) is 4.39 Å². The van der Waals surface area contributed by atoms with Gasteiger partial charge in [0.2, 0.25) is 11.8 Å². The van der Waals surface area contributed by atoms with Gasteiger partial charge in [-0.1, -0.05) is 31.5 Å². The van der Waals surface area contributed by atoms with E-state index in [0.717, 1.165) is 19.4 Å². The van der Waals surface area contributed by atoms with Gasteiger partial charge in [-0.05, 0) is 31.5 Å². The molecule has 1 heterocycles. The first kappa shape index (κ1) is 14.9. The molecule has 1 aromatic heterocycles. The van der Waals surface area contributed by atoms with E-state index in [1.54, 1.807) is 12.1 Å². The lowest BCUT2D eigenvalue weighted by atomic mass is 10.2. The smallest absolute Gasteiger partial charge is 0.249 e. The minimum atomic E-state index is -0.500. The Kier molecular flexibility index (Phi) is 5.09. The summed E-state index contributed by atoms with van der Waals surface area (Å²) in [5, 5.41) is 11.3. The molecule has 108 valence electrons. The van der Waals surface area contributed by atoms with Gasteiger partial charge in [0.1, 0.15) is 5.82 Å². The van der Waals surface area contributed by atoms with Crippen LogP contribution in [0.1, 0.15) is 38.6 Å². The molecule has 0 aliphatic carbocycles. The molecule has 0 spiro atoms. The molecule has 0 fully saturated rings. The Labute approximate surface area is 122 Å². The molecule has 1 N–H and O–H groups in total. The second-order valence-corrected chi connectivity index (χ2v) is 4.84. The highest BCUT2D eigenvalue weighted by Gasteiger charge is 2.19. The molecule has 2 rings (SSSR count). The molecule has 2 aromatic rings. The third kappa shape index (κ3) is 3.16. The highest BCUT2D eigenvalue weighted by Crippen LogP contribution is 2.30. The van der Waals surface area contributed by atoms with Crippen LogP contribution in [-0.2, 0) is 0 Å². The Balaban J connectivity index is 2.26. The monoisotopic (exact) mass is 297 g/mol. The predicted octanol–water partition coefficient (Wildman–Crippen LogP) is 3.98. The van der Waals surface area contributed by atoms with Crippen molar-refractivity contribution in [1.82, 2.24) is 15.5 Å². The fourth-order valence-corrected chi connectivity index (χ4v) is 2.08. The van der Waals surface area contributed by atoms with Crippen molar-refractivity contribution in [2.24, 2.45) is 0 Å². The maximum absolute atomic E-state index is 13.4.